The summed E-state index contributed by atoms with van der Waals surface area (Å²) in [6.45, 7) is 0.781. The molecule has 1 aromatic heterocycles. The number of amides is 1. The Hall–Kier alpha value is -1.70. The molecule has 0 bridgehead atoms. The number of fused-ring (bicyclic) bond motifs is 1. The number of pyridine rings is 1. The molecule has 2 saturated heterocycles. The van der Waals surface area contributed by atoms with Crippen molar-refractivity contribution in [3.63, 3.8) is 0 Å². The fraction of sp³-hybridized carbons (Fsp3) is 0.538. The Bertz CT molecular complexity index is 470. The third-order valence-electron chi connectivity index (χ3n) is 3.49. The molecule has 0 spiro atoms. The van der Waals surface area contributed by atoms with Gasteiger partial charge in [0.15, 0.2) is 0 Å². The molecule has 2 aliphatic heterocycles. The molecular formula is C13H17N3O4. The van der Waals surface area contributed by atoms with Crippen LogP contribution in [0.2, 0.25) is 0 Å². The van der Waals surface area contributed by atoms with Crippen molar-refractivity contribution in [1.82, 2.24) is 10.3 Å². The highest BCUT2D eigenvalue weighted by atomic mass is 16.6. The summed E-state index contributed by atoms with van der Waals surface area (Å²) in [4.78, 5) is 15.8. The minimum absolute atomic E-state index is 0.145. The number of hydrogen-bond donors (Lipinski definition) is 3. The molecule has 20 heavy (non-hydrogen) atoms. The van der Waals surface area contributed by atoms with E-state index >= 15 is 0 Å². The summed E-state index contributed by atoms with van der Waals surface area (Å²) in [6, 6.07) is 3.43. The zero-order chi connectivity index (χ0) is 13.9. The van der Waals surface area contributed by atoms with Crippen LogP contribution >= 0.6 is 0 Å². The van der Waals surface area contributed by atoms with Gasteiger partial charge in [-0.1, -0.05) is 0 Å². The number of carbonyl (C=O) groups is 1. The van der Waals surface area contributed by atoms with Crippen LogP contribution in [0, 0.1) is 0 Å². The first-order chi connectivity index (χ1) is 9.74. The van der Waals surface area contributed by atoms with Gasteiger partial charge in [-0.3, -0.25) is 9.78 Å². The van der Waals surface area contributed by atoms with Crippen LogP contribution in [0.15, 0.2) is 24.5 Å². The quantitative estimate of drug-likeness (QED) is 0.664. The second-order valence-electron chi connectivity index (χ2n) is 4.93. The number of aliphatic hydroxyl groups excluding tert-OH is 1. The van der Waals surface area contributed by atoms with E-state index in [0.717, 1.165) is 5.69 Å². The van der Waals surface area contributed by atoms with Gasteiger partial charge in [0.2, 0.25) is 5.91 Å². The minimum Gasteiger partial charge on any atom is -0.388 e. The van der Waals surface area contributed by atoms with Crippen molar-refractivity contribution in [3.8, 4) is 0 Å². The number of hydrogen-bond acceptors (Lipinski definition) is 6. The second-order valence-corrected chi connectivity index (χ2v) is 4.93. The molecule has 7 nitrogen and oxygen atoms in total. The predicted octanol–water partition coefficient (Wildman–Crippen LogP) is -0.863. The van der Waals surface area contributed by atoms with Gasteiger partial charge >= 0.3 is 0 Å². The highest BCUT2D eigenvalue weighted by molar-refractivity contribution is 5.81. The number of ether oxygens (including phenoxy) is 2. The van der Waals surface area contributed by atoms with Crippen molar-refractivity contribution >= 4 is 11.6 Å². The van der Waals surface area contributed by atoms with E-state index in [-0.39, 0.29) is 37.3 Å². The Morgan fingerprint density at radius 1 is 1.40 bits per heavy atom. The smallest absolute Gasteiger partial charge is 0.239 e. The summed E-state index contributed by atoms with van der Waals surface area (Å²) < 4.78 is 10.9. The zero-order valence-electron chi connectivity index (χ0n) is 10.9. The van der Waals surface area contributed by atoms with E-state index in [2.05, 4.69) is 15.6 Å². The van der Waals surface area contributed by atoms with Crippen LogP contribution in [0.5, 0.6) is 0 Å². The van der Waals surface area contributed by atoms with Crippen molar-refractivity contribution in [1.29, 1.82) is 0 Å². The van der Waals surface area contributed by atoms with Gasteiger partial charge in [0.1, 0.15) is 18.3 Å². The second kappa shape index (κ2) is 5.74. The van der Waals surface area contributed by atoms with E-state index < -0.39 is 6.10 Å². The first-order valence-electron chi connectivity index (χ1n) is 6.58. The Labute approximate surface area is 116 Å². The van der Waals surface area contributed by atoms with E-state index in [4.69, 9.17) is 9.47 Å². The molecule has 4 atom stereocenters. The van der Waals surface area contributed by atoms with E-state index in [0.29, 0.717) is 6.61 Å². The molecule has 3 heterocycles. The molecule has 2 aliphatic rings. The maximum absolute atomic E-state index is 11.9. The molecule has 3 rings (SSSR count). The maximum atomic E-state index is 11.9. The number of rotatable bonds is 4. The van der Waals surface area contributed by atoms with Crippen LogP contribution in [0.1, 0.15) is 0 Å². The molecule has 1 amide bonds. The average molecular weight is 279 g/mol. The molecule has 0 aromatic carbocycles. The largest absolute Gasteiger partial charge is 0.388 e. The van der Waals surface area contributed by atoms with Crippen molar-refractivity contribution in [2.45, 2.75) is 24.4 Å². The lowest BCUT2D eigenvalue weighted by atomic mass is 10.1. The van der Waals surface area contributed by atoms with Gasteiger partial charge in [0.25, 0.3) is 0 Å². The van der Waals surface area contributed by atoms with Gasteiger partial charge in [-0.25, -0.2) is 0 Å². The van der Waals surface area contributed by atoms with Crippen LogP contribution < -0.4 is 10.6 Å². The molecular weight excluding hydrogens is 262 g/mol. The Morgan fingerprint density at radius 2 is 2.25 bits per heavy atom. The number of nitrogens with zero attached hydrogens (tertiary/aromatic N) is 1. The fourth-order valence-corrected chi connectivity index (χ4v) is 2.51. The molecule has 0 aliphatic carbocycles. The first-order valence-corrected chi connectivity index (χ1v) is 6.58. The summed E-state index contributed by atoms with van der Waals surface area (Å²) in [5, 5.41) is 15.5. The molecule has 3 N–H and O–H groups in total. The standard InChI is InChI=1S/C13H17N3O4/c17-10-7-20-12-9(6-19-13(10)12)16-11(18)5-15-8-2-1-3-14-4-8/h1-4,9-10,12-13,15,17H,5-7H2,(H,16,18)/t9-,10-,12-,13-/m1/s1. The van der Waals surface area contributed by atoms with Gasteiger partial charge in [-0.2, -0.15) is 0 Å². The first kappa shape index (κ1) is 13.3. The topological polar surface area (TPSA) is 92.7 Å². The van der Waals surface area contributed by atoms with Gasteiger partial charge < -0.3 is 25.2 Å². The van der Waals surface area contributed by atoms with E-state index in [1.807, 2.05) is 6.07 Å². The number of anilines is 1. The monoisotopic (exact) mass is 279 g/mol. The molecule has 1 aromatic rings. The fourth-order valence-electron chi connectivity index (χ4n) is 2.51. The van der Waals surface area contributed by atoms with E-state index in [9.17, 15) is 9.90 Å². The average Bonchev–Trinajstić information content (AvgIpc) is 3.02. The number of aromatic nitrogens is 1. The summed E-state index contributed by atoms with van der Waals surface area (Å²) in [5.41, 5.74) is 0.788. The zero-order valence-corrected chi connectivity index (χ0v) is 10.9. The van der Waals surface area contributed by atoms with Crippen LogP contribution in [0.25, 0.3) is 0 Å². The highest BCUT2D eigenvalue weighted by Crippen LogP contribution is 2.26. The van der Waals surface area contributed by atoms with Gasteiger partial charge in [-0.05, 0) is 12.1 Å². The molecule has 0 radical (unpaired) electrons. The molecule has 0 saturated carbocycles. The molecule has 108 valence electrons. The summed E-state index contributed by atoms with van der Waals surface area (Å²) in [6.07, 6.45) is 2.14. The summed E-state index contributed by atoms with van der Waals surface area (Å²) in [7, 11) is 0. The van der Waals surface area contributed by atoms with Crippen LogP contribution in [-0.2, 0) is 14.3 Å². The SMILES string of the molecule is O=C(CNc1cccnc1)N[C@@H]1CO[C@H]2[C@@H]1OC[C@H]2O. The van der Waals surface area contributed by atoms with Crippen LogP contribution in [0.3, 0.4) is 0 Å². The normalized spacial score (nSPS) is 31.9. The van der Waals surface area contributed by atoms with Crippen molar-refractivity contribution in [2.24, 2.45) is 0 Å². The number of nitrogens with one attached hydrogen (secondary N) is 2. The lowest BCUT2D eigenvalue weighted by Gasteiger charge is -2.17. The maximum Gasteiger partial charge on any atom is 0.239 e. The third-order valence-corrected chi connectivity index (χ3v) is 3.49. The van der Waals surface area contributed by atoms with Crippen molar-refractivity contribution in [3.05, 3.63) is 24.5 Å². The number of carbonyl (C=O) groups excluding carboxylic acids is 1. The lowest BCUT2D eigenvalue weighted by Crippen LogP contribution is -2.46. The minimum atomic E-state index is -0.601. The molecule has 2 fully saturated rings. The Kier molecular flexibility index (Phi) is 3.81. The van der Waals surface area contributed by atoms with E-state index in [1.165, 1.54) is 0 Å². The summed E-state index contributed by atoms with van der Waals surface area (Å²) >= 11 is 0. The van der Waals surface area contributed by atoms with E-state index in [1.54, 1.807) is 18.5 Å². The van der Waals surface area contributed by atoms with Crippen molar-refractivity contribution < 1.29 is 19.4 Å². The van der Waals surface area contributed by atoms with Crippen molar-refractivity contribution in [2.75, 3.05) is 25.1 Å². The van der Waals surface area contributed by atoms with Gasteiger partial charge in [0, 0.05) is 12.4 Å². The lowest BCUT2D eigenvalue weighted by molar-refractivity contribution is -0.120. The number of aliphatic hydroxyl groups is 1. The predicted molar refractivity (Wildman–Crippen MR) is 70.1 cm³/mol. The molecule has 7 heteroatoms. The Morgan fingerprint density at radius 3 is 3.05 bits per heavy atom. The van der Waals surface area contributed by atoms with Gasteiger partial charge in [-0.15, -0.1) is 0 Å². The third kappa shape index (κ3) is 2.74. The van der Waals surface area contributed by atoms with Crippen LogP contribution in [0.4, 0.5) is 5.69 Å². The Balaban J connectivity index is 1.48. The van der Waals surface area contributed by atoms with Gasteiger partial charge in [0.05, 0.1) is 31.5 Å². The highest BCUT2D eigenvalue weighted by Gasteiger charge is 2.47. The summed E-state index contributed by atoms with van der Waals surface area (Å²) in [5.74, 6) is -0.145. The molecule has 0 unspecified atom stereocenters. The van der Waals surface area contributed by atoms with Crippen LogP contribution in [-0.4, -0.2) is 60.1 Å².